The summed E-state index contributed by atoms with van der Waals surface area (Å²) in [6.07, 6.45) is -38.3. The van der Waals surface area contributed by atoms with E-state index in [9.17, 15) is 79.4 Å². The number of hydrogen-bond donors (Lipinski definition) is 2. The molecule has 35 heavy (non-hydrogen) atoms. The molecular formula is C11H3F17N4O3. The molecule has 2 atom stereocenters. The lowest BCUT2D eigenvalue weighted by Gasteiger charge is -2.40. The highest BCUT2D eigenvalue weighted by Crippen LogP contribution is 2.56. The quantitative estimate of drug-likeness (QED) is 0.452. The summed E-state index contributed by atoms with van der Waals surface area (Å²) in [6.45, 7) is 0. The van der Waals surface area contributed by atoms with Crippen LogP contribution in [-0.2, 0) is 14.3 Å². The number of amides is 1. The van der Waals surface area contributed by atoms with E-state index in [2.05, 4.69) is 10.1 Å². The number of aromatic nitrogens is 3. The molecule has 0 saturated carbocycles. The molecule has 0 aliphatic rings. The molecule has 1 aromatic rings. The van der Waals surface area contributed by atoms with E-state index in [0.717, 1.165) is 0 Å². The zero-order valence-electron chi connectivity index (χ0n) is 15.1. The molecule has 7 nitrogen and oxygen atoms in total. The fourth-order valence-corrected chi connectivity index (χ4v) is 1.62. The molecule has 2 N–H and O–H groups in total. The molecule has 0 aromatic carbocycles. The van der Waals surface area contributed by atoms with Crippen LogP contribution >= 0.6 is 0 Å². The summed E-state index contributed by atoms with van der Waals surface area (Å²) in [5.74, 6) is -27.8. The van der Waals surface area contributed by atoms with Crippen LogP contribution in [0, 0.1) is 0 Å². The Kier molecular flexibility index (Phi) is 7.36. The van der Waals surface area contributed by atoms with Crippen LogP contribution in [0.1, 0.15) is 0 Å². The molecule has 1 rings (SSSR count). The number of rotatable bonds is 8. The van der Waals surface area contributed by atoms with Gasteiger partial charge in [-0.15, -0.1) is 0 Å². The summed E-state index contributed by atoms with van der Waals surface area (Å²) in [4.78, 5) is 14.2. The van der Waals surface area contributed by atoms with Gasteiger partial charge >= 0.3 is 54.3 Å². The van der Waals surface area contributed by atoms with Crippen molar-refractivity contribution in [2.24, 2.45) is 0 Å². The largest absolute Gasteiger partial charge is 0.462 e. The van der Waals surface area contributed by atoms with Gasteiger partial charge < -0.3 is 0 Å². The van der Waals surface area contributed by atoms with Crippen LogP contribution in [0.4, 0.5) is 80.6 Å². The van der Waals surface area contributed by atoms with E-state index < -0.39 is 60.2 Å². The topological polar surface area (TPSA) is 89.1 Å². The molecule has 204 valence electrons. The highest BCUT2D eigenvalue weighted by molar-refractivity contribution is 5.95. The van der Waals surface area contributed by atoms with Gasteiger partial charge in [-0.05, 0) is 0 Å². The Morgan fingerprint density at radius 1 is 0.714 bits per heavy atom. The van der Waals surface area contributed by atoms with Gasteiger partial charge in [0.1, 0.15) is 6.33 Å². The third-order valence-electron chi connectivity index (χ3n) is 3.30. The van der Waals surface area contributed by atoms with Crippen LogP contribution in [0.2, 0.25) is 0 Å². The van der Waals surface area contributed by atoms with Crippen LogP contribution < -0.4 is 5.32 Å². The van der Waals surface area contributed by atoms with Gasteiger partial charge in [-0.25, -0.2) is 5.10 Å². The second-order valence-electron chi connectivity index (χ2n) is 5.78. The Hall–Kier alpha value is -2.66. The summed E-state index contributed by atoms with van der Waals surface area (Å²) in [6, 6.07) is 0. The number of H-pyrrole nitrogens is 1. The first-order chi connectivity index (χ1) is 15.2. The lowest BCUT2D eigenvalue weighted by Crippen LogP contribution is -2.68. The molecule has 1 heterocycles. The molecule has 0 bridgehead atoms. The summed E-state index contributed by atoms with van der Waals surface area (Å²) in [5.41, 5.74) is 0. The first kappa shape index (κ1) is 30.4. The number of anilines is 1. The Balaban J connectivity index is 3.60. The van der Waals surface area contributed by atoms with Crippen molar-refractivity contribution in [2.75, 3.05) is 5.32 Å². The minimum atomic E-state index is -8.08. The number of ether oxygens (including phenoxy) is 2. The van der Waals surface area contributed by atoms with E-state index in [1.54, 1.807) is 0 Å². The average Bonchev–Trinajstić information content (AvgIpc) is 3.10. The van der Waals surface area contributed by atoms with Crippen LogP contribution in [-0.4, -0.2) is 69.5 Å². The maximum absolute atomic E-state index is 14.1. The summed E-state index contributed by atoms with van der Waals surface area (Å²) in [5, 5.41) is 4.85. The number of halogens is 17. The number of nitrogens with one attached hydrogen (secondary N) is 2. The second kappa shape index (κ2) is 8.48. The lowest BCUT2D eigenvalue weighted by molar-refractivity contribution is -0.548. The van der Waals surface area contributed by atoms with Crippen LogP contribution in [0.25, 0.3) is 0 Å². The van der Waals surface area contributed by atoms with E-state index >= 15 is 0 Å². The van der Waals surface area contributed by atoms with E-state index in [0.29, 0.717) is 11.6 Å². The Bertz CT molecular complexity index is 895. The fourth-order valence-electron chi connectivity index (χ4n) is 1.62. The molecule has 0 aliphatic heterocycles. The highest BCUT2D eigenvalue weighted by atomic mass is 19.4. The molecule has 1 amide bonds. The Morgan fingerprint density at radius 2 is 1.20 bits per heavy atom. The number of nitrogens with zero attached hydrogens (tertiary/aromatic N) is 2. The fraction of sp³-hybridized carbons (Fsp3) is 0.727. The molecular weight excluding hydrogens is 559 g/mol. The van der Waals surface area contributed by atoms with Crippen molar-refractivity contribution in [3.8, 4) is 0 Å². The van der Waals surface area contributed by atoms with Gasteiger partial charge in [0.25, 0.3) is 0 Å². The monoisotopic (exact) mass is 562 g/mol. The van der Waals surface area contributed by atoms with E-state index in [1.807, 2.05) is 4.74 Å². The van der Waals surface area contributed by atoms with E-state index in [1.165, 1.54) is 9.84 Å². The molecule has 0 fully saturated rings. The van der Waals surface area contributed by atoms with Crippen molar-refractivity contribution < 1.29 is 88.9 Å². The zero-order valence-corrected chi connectivity index (χ0v) is 15.1. The van der Waals surface area contributed by atoms with Crippen LogP contribution in [0.5, 0.6) is 0 Å². The third-order valence-corrected chi connectivity index (χ3v) is 3.30. The summed E-state index contributed by atoms with van der Waals surface area (Å²) >= 11 is 0. The molecule has 0 unspecified atom stereocenters. The van der Waals surface area contributed by atoms with Crippen LogP contribution in [0.15, 0.2) is 6.33 Å². The first-order valence-corrected chi connectivity index (χ1v) is 7.45. The zero-order chi connectivity index (χ0) is 28.1. The number of aromatic amines is 1. The van der Waals surface area contributed by atoms with Gasteiger partial charge in [-0.3, -0.25) is 19.6 Å². The Labute approximate surface area is 177 Å². The maximum Gasteiger partial charge on any atom is 0.462 e. The van der Waals surface area contributed by atoms with Crippen molar-refractivity contribution in [3.63, 3.8) is 0 Å². The molecule has 0 aliphatic carbocycles. The number of carbonyl (C=O) groups excluding carboxylic acids is 1. The predicted molar refractivity (Wildman–Crippen MR) is 67.9 cm³/mol. The highest BCUT2D eigenvalue weighted by Gasteiger charge is 2.85. The smallest absolute Gasteiger partial charge is 0.290 e. The predicted octanol–water partition coefficient (Wildman–Crippen LogP) is 4.62. The van der Waals surface area contributed by atoms with Gasteiger partial charge in [0.05, 0.1) is 0 Å². The minimum Gasteiger partial charge on any atom is -0.290 e. The third kappa shape index (κ3) is 5.30. The standard InChI is InChI=1S/C11H3F17N4O3/c12-4(7(16,17)18,2(33)31-3-29-1-30-32-3)34-11(27,28)6(15,9(22,23)24)35-10(25,26)5(13,14)8(19,20)21/h1H,(H2,29,30,31,32,33)/t4-,6-/m1/s1. The minimum absolute atomic E-state index is 0.353. The first-order valence-electron chi connectivity index (χ1n) is 7.45. The van der Waals surface area contributed by atoms with Crippen molar-refractivity contribution in [3.05, 3.63) is 6.33 Å². The maximum atomic E-state index is 14.1. The number of carbonyl (C=O) groups is 1. The van der Waals surface area contributed by atoms with Gasteiger partial charge in [-0.2, -0.15) is 84.7 Å². The van der Waals surface area contributed by atoms with Crippen molar-refractivity contribution in [1.29, 1.82) is 0 Å². The molecule has 1 aromatic heterocycles. The average molecular weight is 562 g/mol. The lowest BCUT2D eigenvalue weighted by atomic mass is 10.2. The molecule has 24 heteroatoms. The van der Waals surface area contributed by atoms with Gasteiger partial charge in [-0.1, -0.05) is 0 Å². The number of hydrogen-bond acceptors (Lipinski definition) is 5. The van der Waals surface area contributed by atoms with E-state index in [4.69, 9.17) is 0 Å². The van der Waals surface area contributed by atoms with Crippen LogP contribution in [0.3, 0.4) is 0 Å². The van der Waals surface area contributed by atoms with E-state index in [-0.39, 0.29) is 0 Å². The molecule has 0 saturated heterocycles. The molecule has 0 radical (unpaired) electrons. The van der Waals surface area contributed by atoms with Crippen molar-refractivity contribution in [2.45, 2.75) is 48.4 Å². The SMILES string of the molecule is O=C(Nc1ncn[nH]1)[C@@](F)(OC(F)(F)[C@](F)(OC(F)(F)C(F)(F)C(F)(F)F)C(F)(F)F)C(F)(F)F. The second-order valence-corrected chi connectivity index (χ2v) is 5.78. The van der Waals surface area contributed by atoms with Gasteiger partial charge in [0.2, 0.25) is 5.95 Å². The number of alkyl halides is 17. The van der Waals surface area contributed by atoms with Gasteiger partial charge in [0.15, 0.2) is 0 Å². The summed E-state index contributed by atoms with van der Waals surface area (Å²) < 4.78 is 223. The van der Waals surface area contributed by atoms with Crippen molar-refractivity contribution in [1.82, 2.24) is 15.2 Å². The van der Waals surface area contributed by atoms with Crippen molar-refractivity contribution >= 4 is 11.9 Å². The Morgan fingerprint density at radius 3 is 1.54 bits per heavy atom. The molecule has 0 spiro atoms. The summed E-state index contributed by atoms with van der Waals surface area (Å²) in [7, 11) is 0. The normalized spacial score (nSPS) is 18.1. The van der Waals surface area contributed by atoms with Gasteiger partial charge in [0, 0.05) is 0 Å².